The van der Waals surface area contributed by atoms with Crippen molar-refractivity contribution in [1.29, 1.82) is 0 Å². The van der Waals surface area contributed by atoms with Crippen molar-refractivity contribution in [2.75, 3.05) is 13.2 Å². The van der Waals surface area contributed by atoms with E-state index in [1.54, 1.807) is 0 Å². The second-order valence-electron chi connectivity index (χ2n) is 7.94. The lowest BCUT2D eigenvalue weighted by atomic mass is 9.88. The summed E-state index contributed by atoms with van der Waals surface area (Å²) in [5, 5.41) is 3.79. The molecule has 0 spiro atoms. The van der Waals surface area contributed by atoms with Crippen LogP contribution in [0.4, 0.5) is 13.2 Å². The number of nitrogens with zero attached hydrogens (tertiary/aromatic N) is 4. The molecule has 0 radical (unpaired) electrons. The first-order chi connectivity index (χ1) is 12.7. The van der Waals surface area contributed by atoms with Crippen molar-refractivity contribution in [3.63, 3.8) is 0 Å². The Hall–Kier alpha value is -2.10. The van der Waals surface area contributed by atoms with Gasteiger partial charge in [0.15, 0.2) is 5.52 Å². The summed E-state index contributed by atoms with van der Waals surface area (Å²) in [6.07, 6.45) is 0.106. The van der Waals surface area contributed by atoms with Crippen LogP contribution in [0.3, 0.4) is 0 Å². The van der Waals surface area contributed by atoms with Crippen LogP contribution in [0.15, 0.2) is 15.8 Å². The molecule has 2 aromatic heterocycles. The topological polar surface area (TPSA) is 71.0 Å². The molecule has 2 aliphatic rings. The minimum absolute atomic E-state index is 0.116. The number of hydrogen-bond acceptors (Lipinski definition) is 4. The number of fused-ring (bicyclic) bond motifs is 1. The fourth-order valence-electron chi connectivity index (χ4n) is 4.09. The first-order valence-electron chi connectivity index (χ1n) is 9.04. The van der Waals surface area contributed by atoms with Gasteiger partial charge in [0, 0.05) is 18.0 Å². The Bertz CT molecular complexity index is 978. The average molecular weight is 386 g/mol. The standard InChI is InChI=1S/C17H21F3N4O3/c1-16(9-27-10-16)7-22-14(25)13-12(6-21-23(13)8-17(18,19)20)24(15(22)26)11-4-2-3-5-11/h6,11H,2-5,7-10H2,1H3. The zero-order valence-electron chi connectivity index (χ0n) is 15.0. The van der Waals surface area contributed by atoms with E-state index < -0.39 is 24.0 Å². The maximum atomic E-state index is 13.1. The van der Waals surface area contributed by atoms with Crippen LogP contribution < -0.4 is 11.2 Å². The summed E-state index contributed by atoms with van der Waals surface area (Å²) in [6.45, 7) is 1.45. The molecule has 1 aliphatic carbocycles. The summed E-state index contributed by atoms with van der Waals surface area (Å²) in [6, 6.07) is -0.124. The summed E-state index contributed by atoms with van der Waals surface area (Å²) < 4.78 is 47.2. The minimum Gasteiger partial charge on any atom is -0.380 e. The van der Waals surface area contributed by atoms with E-state index in [0.717, 1.165) is 30.3 Å². The molecule has 2 fully saturated rings. The highest BCUT2D eigenvalue weighted by Crippen LogP contribution is 2.31. The van der Waals surface area contributed by atoms with Crippen LogP contribution in [0.5, 0.6) is 0 Å². The van der Waals surface area contributed by atoms with Crippen LogP contribution in [0.25, 0.3) is 11.0 Å². The number of hydrogen-bond donors (Lipinski definition) is 0. The first kappa shape index (κ1) is 18.3. The van der Waals surface area contributed by atoms with E-state index in [0.29, 0.717) is 17.9 Å². The molecule has 0 amide bonds. The highest BCUT2D eigenvalue weighted by atomic mass is 19.4. The van der Waals surface area contributed by atoms with E-state index in [9.17, 15) is 22.8 Å². The molecule has 0 aromatic carbocycles. The SMILES string of the molecule is CC1(Cn2c(=O)c3c(cnn3CC(F)(F)F)n(C3CCCC3)c2=O)COC1. The van der Waals surface area contributed by atoms with E-state index in [1.165, 1.54) is 10.8 Å². The molecule has 2 aromatic rings. The van der Waals surface area contributed by atoms with Gasteiger partial charge in [0.25, 0.3) is 5.56 Å². The number of rotatable bonds is 4. The maximum Gasteiger partial charge on any atom is 0.408 e. The lowest BCUT2D eigenvalue weighted by Crippen LogP contribution is -2.50. The zero-order valence-corrected chi connectivity index (χ0v) is 15.0. The Morgan fingerprint density at radius 2 is 1.93 bits per heavy atom. The number of ether oxygens (including phenoxy) is 1. The van der Waals surface area contributed by atoms with Crippen LogP contribution in [0.2, 0.25) is 0 Å². The molecule has 7 nitrogen and oxygen atoms in total. The molecule has 148 valence electrons. The largest absolute Gasteiger partial charge is 0.408 e. The predicted molar refractivity (Wildman–Crippen MR) is 90.7 cm³/mol. The Morgan fingerprint density at radius 3 is 2.48 bits per heavy atom. The van der Waals surface area contributed by atoms with Crippen molar-refractivity contribution in [3.05, 3.63) is 27.0 Å². The monoisotopic (exact) mass is 386 g/mol. The Labute approximate surface area is 152 Å². The highest BCUT2D eigenvalue weighted by Gasteiger charge is 2.37. The molecule has 1 saturated carbocycles. The van der Waals surface area contributed by atoms with Gasteiger partial charge >= 0.3 is 11.9 Å². The van der Waals surface area contributed by atoms with Crippen LogP contribution in [0, 0.1) is 5.41 Å². The molecular formula is C17H21F3N4O3. The first-order valence-corrected chi connectivity index (χ1v) is 9.04. The van der Waals surface area contributed by atoms with E-state index >= 15 is 0 Å². The molecule has 10 heteroatoms. The van der Waals surface area contributed by atoms with Gasteiger partial charge in [0.1, 0.15) is 6.54 Å². The van der Waals surface area contributed by atoms with Crippen molar-refractivity contribution >= 4 is 11.0 Å². The maximum absolute atomic E-state index is 13.1. The van der Waals surface area contributed by atoms with Crippen LogP contribution in [-0.2, 0) is 17.8 Å². The van der Waals surface area contributed by atoms with Crippen molar-refractivity contribution in [1.82, 2.24) is 18.9 Å². The van der Waals surface area contributed by atoms with Crippen molar-refractivity contribution in [3.8, 4) is 0 Å². The molecule has 4 rings (SSSR count). The third-order valence-electron chi connectivity index (χ3n) is 5.42. The summed E-state index contributed by atoms with van der Waals surface area (Å²) in [7, 11) is 0. The quantitative estimate of drug-likeness (QED) is 0.807. The fourth-order valence-corrected chi connectivity index (χ4v) is 4.09. The third-order valence-corrected chi connectivity index (χ3v) is 5.42. The van der Waals surface area contributed by atoms with E-state index in [4.69, 9.17) is 4.74 Å². The highest BCUT2D eigenvalue weighted by molar-refractivity contribution is 5.73. The smallest absolute Gasteiger partial charge is 0.380 e. The van der Waals surface area contributed by atoms with Gasteiger partial charge in [-0.15, -0.1) is 0 Å². The average Bonchev–Trinajstić information content (AvgIpc) is 3.19. The van der Waals surface area contributed by atoms with Gasteiger partial charge < -0.3 is 4.74 Å². The molecule has 0 unspecified atom stereocenters. The van der Waals surface area contributed by atoms with Crippen LogP contribution in [0.1, 0.15) is 38.6 Å². The van der Waals surface area contributed by atoms with Gasteiger partial charge in [-0.25, -0.2) is 9.48 Å². The second-order valence-corrected chi connectivity index (χ2v) is 7.94. The molecular weight excluding hydrogens is 365 g/mol. The van der Waals surface area contributed by atoms with Gasteiger partial charge in [0.2, 0.25) is 0 Å². The summed E-state index contributed by atoms with van der Waals surface area (Å²) in [5.74, 6) is 0. The molecule has 0 bridgehead atoms. The summed E-state index contributed by atoms with van der Waals surface area (Å²) in [5.41, 5.74) is -1.55. The third kappa shape index (κ3) is 3.19. The van der Waals surface area contributed by atoms with Crippen molar-refractivity contribution in [2.24, 2.45) is 5.41 Å². The van der Waals surface area contributed by atoms with E-state index in [1.807, 2.05) is 6.92 Å². The van der Waals surface area contributed by atoms with Crippen molar-refractivity contribution < 1.29 is 17.9 Å². The molecule has 1 saturated heterocycles. The van der Waals surface area contributed by atoms with Gasteiger partial charge in [-0.3, -0.25) is 13.9 Å². The lowest BCUT2D eigenvalue weighted by Gasteiger charge is -2.38. The Kier molecular flexibility index (Phi) is 4.21. The fraction of sp³-hybridized carbons (Fsp3) is 0.706. The normalized spacial score (nSPS) is 20.3. The Balaban J connectivity index is 1.94. The number of halogens is 3. The predicted octanol–water partition coefficient (Wildman–Crippen LogP) is 2.07. The van der Waals surface area contributed by atoms with Gasteiger partial charge in [-0.2, -0.15) is 18.3 Å². The lowest BCUT2D eigenvalue weighted by molar-refractivity contribution is -0.141. The van der Waals surface area contributed by atoms with E-state index in [-0.39, 0.29) is 29.0 Å². The van der Waals surface area contributed by atoms with Gasteiger partial charge in [0.05, 0.1) is 24.9 Å². The molecule has 3 heterocycles. The van der Waals surface area contributed by atoms with Gasteiger partial charge in [-0.1, -0.05) is 19.8 Å². The van der Waals surface area contributed by atoms with Crippen LogP contribution in [-0.4, -0.2) is 38.3 Å². The van der Waals surface area contributed by atoms with Crippen LogP contribution >= 0.6 is 0 Å². The number of alkyl halides is 3. The minimum atomic E-state index is -4.52. The molecule has 27 heavy (non-hydrogen) atoms. The van der Waals surface area contributed by atoms with E-state index in [2.05, 4.69) is 5.10 Å². The molecule has 0 N–H and O–H groups in total. The van der Waals surface area contributed by atoms with Gasteiger partial charge in [-0.05, 0) is 12.8 Å². The number of aromatic nitrogens is 4. The Morgan fingerprint density at radius 1 is 1.26 bits per heavy atom. The summed E-state index contributed by atoms with van der Waals surface area (Å²) >= 11 is 0. The second kappa shape index (κ2) is 6.22. The zero-order chi connectivity index (χ0) is 19.4. The van der Waals surface area contributed by atoms with Crippen molar-refractivity contribution in [2.45, 2.75) is 57.9 Å². The summed E-state index contributed by atoms with van der Waals surface area (Å²) in [4.78, 5) is 26.1. The molecule has 0 atom stereocenters. The molecule has 1 aliphatic heterocycles.